The van der Waals surface area contributed by atoms with Gasteiger partial charge in [-0.3, -0.25) is 9.10 Å². The number of halogens is 1. The number of fused-ring (bicyclic) bond motifs is 1. The highest BCUT2D eigenvalue weighted by atomic mass is 35.5. The summed E-state index contributed by atoms with van der Waals surface area (Å²) < 4.78 is 37.3. The molecule has 1 N–H and O–H groups in total. The third kappa shape index (κ3) is 4.66. The molecule has 0 saturated carbocycles. The fourth-order valence-electron chi connectivity index (χ4n) is 4.17. The van der Waals surface area contributed by atoms with Gasteiger partial charge in [0, 0.05) is 30.2 Å². The van der Waals surface area contributed by atoms with Crippen molar-refractivity contribution in [3.05, 3.63) is 59.1 Å². The number of carbonyl (C=O) groups is 1. The van der Waals surface area contributed by atoms with Gasteiger partial charge in [0.15, 0.2) is 6.10 Å². The van der Waals surface area contributed by atoms with Crippen molar-refractivity contribution in [3.8, 4) is 5.75 Å². The lowest BCUT2D eigenvalue weighted by molar-refractivity contribution is -0.128. The predicted octanol–water partition coefficient (Wildman–Crippen LogP) is 2.73. The van der Waals surface area contributed by atoms with Crippen molar-refractivity contribution >= 4 is 33.2 Å². The van der Waals surface area contributed by atoms with Crippen LogP contribution >= 0.6 is 11.6 Å². The number of hydrogen-bond acceptors (Lipinski definition) is 5. The Morgan fingerprint density at radius 2 is 1.90 bits per heavy atom. The summed E-state index contributed by atoms with van der Waals surface area (Å²) in [5.41, 5.74) is 1.26. The minimum absolute atomic E-state index is 0.112. The Morgan fingerprint density at radius 3 is 2.58 bits per heavy atom. The van der Waals surface area contributed by atoms with Gasteiger partial charge in [0.2, 0.25) is 10.0 Å². The van der Waals surface area contributed by atoms with Gasteiger partial charge in [-0.15, -0.1) is 0 Å². The van der Waals surface area contributed by atoms with Crippen LogP contribution in [0.25, 0.3) is 0 Å². The topological polar surface area (TPSA) is 84.9 Å². The van der Waals surface area contributed by atoms with Gasteiger partial charge in [0.25, 0.3) is 5.91 Å². The van der Waals surface area contributed by atoms with Crippen LogP contribution in [0.15, 0.2) is 48.5 Å². The second-order valence-corrected chi connectivity index (χ2v) is 10.3. The third-order valence-corrected chi connectivity index (χ3v) is 7.30. The Hall–Kier alpha value is -2.29. The van der Waals surface area contributed by atoms with Gasteiger partial charge < -0.3 is 14.8 Å². The average molecular weight is 465 g/mol. The van der Waals surface area contributed by atoms with Crippen molar-refractivity contribution in [3.63, 3.8) is 0 Å². The highest BCUT2D eigenvalue weighted by Crippen LogP contribution is 2.37. The van der Waals surface area contributed by atoms with E-state index in [0.29, 0.717) is 36.2 Å². The molecule has 0 aliphatic carbocycles. The molecule has 0 bridgehead atoms. The lowest BCUT2D eigenvalue weighted by Crippen LogP contribution is -2.53. The van der Waals surface area contributed by atoms with Crippen LogP contribution in [0, 0.1) is 0 Å². The van der Waals surface area contributed by atoms with Crippen LogP contribution in [-0.4, -0.2) is 53.0 Å². The molecular weight excluding hydrogens is 440 g/mol. The quantitative estimate of drug-likeness (QED) is 0.735. The molecule has 2 aliphatic rings. The van der Waals surface area contributed by atoms with Gasteiger partial charge in [0.1, 0.15) is 5.75 Å². The van der Waals surface area contributed by atoms with Gasteiger partial charge in [0.05, 0.1) is 18.5 Å². The second-order valence-electron chi connectivity index (χ2n) is 7.99. The summed E-state index contributed by atoms with van der Waals surface area (Å²) >= 11 is 6.03. The summed E-state index contributed by atoms with van der Waals surface area (Å²) in [4.78, 5) is 13.0. The number of hydrogen-bond donors (Lipinski definition) is 1. The largest absolute Gasteiger partial charge is 0.476 e. The summed E-state index contributed by atoms with van der Waals surface area (Å²) in [6.45, 7) is 1.56. The van der Waals surface area contributed by atoms with E-state index in [1.54, 1.807) is 12.1 Å². The molecule has 2 aromatic carbocycles. The molecule has 31 heavy (non-hydrogen) atoms. The third-order valence-electron chi connectivity index (χ3n) is 5.92. The molecule has 0 aromatic heterocycles. The second kappa shape index (κ2) is 8.68. The highest BCUT2D eigenvalue weighted by Gasteiger charge is 2.38. The van der Waals surface area contributed by atoms with Gasteiger partial charge >= 0.3 is 0 Å². The van der Waals surface area contributed by atoms with Crippen LogP contribution in [0.4, 0.5) is 5.69 Å². The normalized spacial score (nSPS) is 20.5. The first kappa shape index (κ1) is 21.9. The van der Waals surface area contributed by atoms with E-state index in [1.165, 1.54) is 10.4 Å². The van der Waals surface area contributed by atoms with Crippen LogP contribution in [0.2, 0.25) is 5.02 Å². The summed E-state index contributed by atoms with van der Waals surface area (Å²) in [5.74, 6) is -0.0406. The number of ether oxygens (including phenoxy) is 2. The molecule has 1 amide bonds. The monoisotopic (exact) mass is 464 g/mol. The zero-order chi connectivity index (χ0) is 22.1. The average Bonchev–Trinajstić information content (AvgIpc) is 2.77. The maximum atomic E-state index is 13.0. The fourth-order valence-corrected chi connectivity index (χ4v) is 5.24. The van der Waals surface area contributed by atoms with E-state index < -0.39 is 16.1 Å². The highest BCUT2D eigenvalue weighted by molar-refractivity contribution is 7.92. The number of nitrogens with zero attached hydrogens (tertiary/aromatic N) is 1. The molecule has 2 heterocycles. The summed E-state index contributed by atoms with van der Waals surface area (Å²) in [6.07, 6.45) is 1.72. The summed E-state index contributed by atoms with van der Waals surface area (Å²) in [7, 11) is -3.61. The molecule has 2 aliphatic heterocycles. The first-order valence-electron chi connectivity index (χ1n) is 10.1. The van der Waals surface area contributed by atoms with E-state index in [-0.39, 0.29) is 17.9 Å². The number of carbonyl (C=O) groups excluding carboxylic acids is 1. The fraction of sp³-hybridized carbons (Fsp3) is 0.409. The Morgan fingerprint density at radius 1 is 1.19 bits per heavy atom. The Balaban J connectivity index is 1.53. The van der Waals surface area contributed by atoms with Crippen molar-refractivity contribution in [2.45, 2.75) is 24.4 Å². The van der Waals surface area contributed by atoms with E-state index in [4.69, 9.17) is 21.1 Å². The van der Waals surface area contributed by atoms with E-state index in [0.717, 1.165) is 24.7 Å². The molecule has 0 unspecified atom stereocenters. The number of benzene rings is 2. The minimum Gasteiger partial charge on any atom is -0.476 e. The lowest BCUT2D eigenvalue weighted by Gasteiger charge is -2.39. The van der Waals surface area contributed by atoms with Crippen molar-refractivity contribution in [2.24, 2.45) is 0 Å². The smallest absolute Gasteiger partial charge is 0.263 e. The van der Waals surface area contributed by atoms with Crippen molar-refractivity contribution in [1.29, 1.82) is 0 Å². The van der Waals surface area contributed by atoms with Crippen molar-refractivity contribution < 1.29 is 22.7 Å². The molecule has 9 heteroatoms. The first-order chi connectivity index (χ1) is 14.8. The van der Waals surface area contributed by atoms with E-state index in [1.807, 2.05) is 18.2 Å². The van der Waals surface area contributed by atoms with Gasteiger partial charge in [-0.1, -0.05) is 41.9 Å². The molecule has 7 nitrogen and oxygen atoms in total. The number of nitrogens with one attached hydrogen (secondary N) is 1. The SMILES string of the molecule is CS(=O)(=O)N1C[C@H](C(=O)NCC2(c3ccccc3)CCOCC2)Oc2ccc(Cl)cc21. The predicted molar refractivity (Wildman–Crippen MR) is 119 cm³/mol. The number of sulfonamides is 1. The zero-order valence-corrected chi connectivity index (χ0v) is 18.8. The number of amides is 1. The van der Waals surface area contributed by atoms with Gasteiger partial charge in [-0.2, -0.15) is 0 Å². The molecule has 0 radical (unpaired) electrons. The lowest BCUT2D eigenvalue weighted by atomic mass is 9.74. The van der Waals surface area contributed by atoms with E-state index >= 15 is 0 Å². The summed E-state index contributed by atoms with van der Waals surface area (Å²) in [5, 5.41) is 3.40. The Bertz CT molecular complexity index is 1050. The van der Waals surface area contributed by atoms with E-state index in [9.17, 15) is 13.2 Å². The summed E-state index contributed by atoms with van der Waals surface area (Å²) in [6, 6.07) is 14.8. The van der Waals surface area contributed by atoms with Crippen LogP contribution in [0.3, 0.4) is 0 Å². The molecule has 166 valence electrons. The molecule has 4 rings (SSSR count). The zero-order valence-electron chi connectivity index (χ0n) is 17.2. The Labute approximate surface area is 187 Å². The van der Waals surface area contributed by atoms with Crippen molar-refractivity contribution in [2.75, 3.05) is 36.9 Å². The molecule has 2 aromatic rings. The standard InChI is InChI=1S/C22H25ClN2O5S/c1-31(27,28)25-14-20(30-19-8-7-17(23)13-18(19)25)21(26)24-15-22(9-11-29-12-10-22)16-5-3-2-4-6-16/h2-8,13,20H,9-12,14-15H2,1H3,(H,24,26)/t20-/m1/s1. The molecule has 1 fully saturated rings. The minimum atomic E-state index is -3.61. The molecular formula is C22H25ClN2O5S. The van der Waals surface area contributed by atoms with Crippen LogP contribution < -0.4 is 14.4 Å². The number of anilines is 1. The first-order valence-corrected chi connectivity index (χ1v) is 12.4. The van der Waals surface area contributed by atoms with E-state index in [2.05, 4.69) is 17.4 Å². The van der Waals surface area contributed by atoms with Crippen LogP contribution in [-0.2, 0) is 25.0 Å². The maximum Gasteiger partial charge on any atom is 0.263 e. The van der Waals surface area contributed by atoms with Crippen molar-refractivity contribution in [1.82, 2.24) is 5.32 Å². The molecule has 1 saturated heterocycles. The van der Waals surface area contributed by atoms with Gasteiger partial charge in [-0.25, -0.2) is 8.42 Å². The van der Waals surface area contributed by atoms with Crippen LogP contribution in [0.5, 0.6) is 5.75 Å². The maximum absolute atomic E-state index is 13.0. The van der Waals surface area contributed by atoms with Gasteiger partial charge in [-0.05, 0) is 36.6 Å². The molecule has 1 atom stereocenters. The number of rotatable bonds is 5. The molecule has 0 spiro atoms. The Kier molecular flexibility index (Phi) is 6.14. The van der Waals surface area contributed by atoms with Crippen LogP contribution in [0.1, 0.15) is 18.4 Å².